The van der Waals surface area contributed by atoms with Gasteiger partial charge in [-0.2, -0.15) is 0 Å². The second-order valence-electron chi connectivity index (χ2n) is 5.00. The van der Waals surface area contributed by atoms with Gasteiger partial charge < -0.3 is 9.15 Å². The number of likely N-dealkylation sites (tertiary alicyclic amines) is 1. The minimum atomic E-state index is -0.314. The minimum Gasteiger partial charge on any atom is -0.464 e. The molecule has 0 aromatic carbocycles. The summed E-state index contributed by atoms with van der Waals surface area (Å²) in [5, 5.41) is 0. The Labute approximate surface area is 112 Å². The quantitative estimate of drug-likeness (QED) is 0.465. The van der Waals surface area contributed by atoms with E-state index in [0.717, 1.165) is 38.4 Å². The number of nitrogens with zero attached hydrogens (tertiary/aromatic N) is 1. The van der Waals surface area contributed by atoms with Crippen LogP contribution in [0.5, 0.6) is 0 Å². The average molecular weight is 267 g/mol. The van der Waals surface area contributed by atoms with Gasteiger partial charge in [-0.15, -0.1) is 0 Å². The number of hydrogen-bond donors (Lipinski definition) is 2. The largest absolute Gasteiger partial charge is 0.464 e. The summed E-state index contributed by atoms with van der Waals surface area (Å²) in [7, 11) is 1.73. The second kappa shape index (κ2) is 6.18. The molecule has 1 saturated heterocycles. The van der Waals surface area contributed by atoms with Crippen molar-refractivity contribution in [3.05, 3.63) is 23.2 Å². The minimum absolute atomic E-state index is 0.314. The van der Waals surface area contributed by atoms with Gasteiger partial charge in [-0.25, -0.2) is 5.84 Å². The predicted octanol–water partition coefficient (Wildman–Crippen LogP) is 0.660. The van der Waals surface area contributed by atoms with E-state index in [4.69, 9.17) is 15.0 Å². The third kappa shape index (κ3) is 3.34. The summed E-state index contributed by atoms with van der Waals surface area (Å²) >= 11 is 0. The van der Waals surface area contributed by atoms with Crippen LogP contribution in [0.1, 0.15) is 28.3 Å². The maximum Gasteiger partial charge on any atom is 0.268 e. The van der Waals surface area contributed by atoms with Crippen LogP contribution in [0.4, 0.5) is 0 Å². The Morgan fingerprint density at radius 2 is 2.47 bits per heavy atom. The monoisotopic (exact) mass is 267 g/mol. The molecule has 1 aliphatic rings. The SMILES string of the molecule is COCC1CCN(Cc2cc(C(=O)NN)c(C)o2)C1. The van der Waals surface area contributed by atoms with Crippen LogP contribution in [0.3, 0.4) is 0 Å². The van der Waals surface area contributed by atoms with E-state index in [2.05, 4.69) is 10.3 Å². The average Bonchev–Trinajstić information content (AvgIpc) is 2.96. The van der Waals surface area contributed by atoms with Crippen LogP contribution in [0.25, 0.3) is 0 Å². The number of hydrogen-bond acceptors (Lipinski definition) is 5. The summed E-state index contributed by atoms with van der Waals surface area (Å²) < 4.78 is 10.8. The zero-order valence-corrected chi connectivity index (χ0v) is 11.4. The lowest BCUT2D eigenvalue weighted by molar-refractivity contribution is 0.0952. The molecule has 1 aromatic rings. The highest BCUT2D eigenvalue weighted by Gasteiger charge is 2.24. The number of carbonyl (C=O) groups is 1. The summed E-state index contributed by atoms with van der Waals surface area (Å²) in [6.07, 6.45) is 1.14. The van der Waals surface area contributed by atoms with E-state index in [9.17, 15) is 4.79 Å². The first-order valence-electron chi connectivity index (χ1n) is 6.45. The molecule has 106 valence electrons. The molecule has 2 heterocycles. The fraction of sp³-hybridized carbons (Fsp3) is 0.615. The van der Waals surface area contributed by atoms with E-state index < -0.39 is 0 Å². The molecule has 1 aliphatic heterocycles. The fourth-order valence-corrected chi connectivity index (χ4v) is 2.57. The number of carbonyl (C=O) groups excluding carboxylic acids is 1. The molecule has 0 bridgehead atoms. The van der Waals surface area contributed by atoms with Crippen molar-refractivity contribution in [2.75, 3.05) is 26.8 Å². The van der Waals surface area contributed by atoms with Crippen molar-refractivity contribution in [1.82, 2.24) is 10.3 Å². The zero-order valence-electron chi connectivity index (χ0n) is 11.4. The van der Waals surface area contributed by atoms with E-state index in [0.29, 0.717) is 17.2 Å². The highest BCUT2D eigenvalue weighted by molar-refractivity contribution is 5.94. The lowest BCUT2D eigenvalue weighted by Crippen LogP contribution is -2.30. The molecule has 1 amide bonds. The van der Waals surface area contributed by atoms with E-state index in [1.807, 2.05) is 0 Å². The van der Waals surface area contributed by atoms with Crippen molar-refractivity contribution in [1.29, 1.82) is 0 Å². The molecule has 6 heteroatoms. The van der Waals surface area contributed by atoms with Gasteiger partial charge in [0.1, 0.15) is 11.5 Å². The van der Waals surface area contributed by atoms with Crippen LogP contribution < -0.4 is 11.3 Å². The van der Waals surface area contributed by atoms with E-state index in [1.165, 1.54) is 0 Å². The molecule has 1 aromatic heterocycles. The van der Waals surface area contributed by atoms with Crippen LogP contribution >= 0.6 is 0 Å². The Bertz CT molecular complexity index is 444. The van der Waals surface area contributed by atoms with E-state index in [1.54, 1.807) is 20.1 Å². The van der Waals surface area contributed by atoms with Gasteiger partial charge in [0, 0.05) is 13.7 Å². The van der Waals surface area contributed by atoms with Gasteiger partial charge in [0.2, 0.25) is 0 Å². The summed E-state index contributed by atoms with van der Waals surface area (Å²) in [5.41, 5.74) is 2.63. The Morgan fingerprint density at radius 3 is 3.16 bits per heavy atom. The third-order valence-electron chi connectivity index (χ3n) is 3.50. The molecule has 1 fully saturated rings. The maximum absolute atomic E-state index is 11.5. The molecule has 0 radical (unpaired) electrons. The number of methoxy groups -OCH3 is 1. The molecular formula is C13H21N3O3. The fourth-order valence-electron chi connectivity index (χ4n) is 2.57. The molecule has 1 atom stereocenters. The molecule has 0 spiro atoms. The molecule has 2 rings (SSSR count). The van der Waals surface area contributed by atoms with Crippen molar-refractivity contribution >= 4 is 5.91 Å². The maximum atomic E-state index is 11.5. The summed E-state index contributed by atoms with van der Waals surface area (Å²) in [6, 6.07) is 1.77. The molecule has 6 nitrogen and oxygen atoms in total. The number of hydrazine groups is 1. The highest BCUT2D eigenvalue weighted by atomic mass is 16.5. The van der Waals surface area contributed by atoms with Gasteiger partial charge in [0.15, 0.2) is 0 Å². The Hall–Kier alpha value is -1.37. The summed E-state index contributed by atoms with van der Waals surface area (Å²) in [4.78, 5) is 13.8. The van der Waals surface area contributed by atoms with Crippen LogP contribution in [0.2, 0.25) is 0 Å². The second-order valence-corrected chi connectivity index (χ2v) is 5.00. The Kier molecular flexibility index (Phi) is 4.57. The molecule has 1 unspecified atom stereocenters. The topological polar surface area (TPSA) is 80.7 Å². The van der Waals surface area contributed by atoms with Gasteiger partial charge in [0.25, 0.3) is 5.91 Å². The first kappa shape index (κ1) is 14.0. The lowest BCUT2D eigenvalue weighted by Gasteiger charge is -2.13. The van der Waals surface area contributed by atoms with Gasteiger partial charge in [0.05, 0.1) is 18.7 Å². The van der Waals surface area contributed by atoms with Crippen molar-refractivity contribution in [2.45, 2.75) is 19.9 Å². The first-order valence-corrected chi connectivity index (χ1v) is 6.45. The molecule has 19 heavy (non-hydrogen) atoms. The highest BCUT2D eigenvalue weighted by Crippen LogP contribution is 2.21. The van der Waals surface area contributed by atoms with Gasteiger partial charge >= 0.3 is 0 Å². The number of nitrogens with two attached hydrogens (primary N) is 1. The Balaban J connectivity index is 1.95. The van der Waals surface area contributed by atoms with Crippen LogP contribution in [-0.4, -0.2) is 37.6 Å². The van der Waals surface area contributed by atoms with Gasteiger partial charge in [-0.3, -0.25) is 15.1 Å². The van der Waals surface area contributed by atoms with Gasteiger partial charge in [-0.1, -0.05) is 0 Å². The zero-order chi connectivity index (χ0) is 13.8. The normalized spacial score (nSPS) is 19.8. The van der Waals surface area contributed by atoms with Crippen molar-refractivity contribution in [2.24, 2.45) is 11.8 Å². The molecule has 0 aliphatic carbocycles. The first-order chi connectivity index (χ1) is 9.13. The smallest absolute Gasteiger partial charge is 0.268 e. The van der Waals surface area contributed by atoms with Gasteiger partial charge in [-0.05, 0) is 31.9 Å². The molecule has 3 N–H and O–H groups in total. The number of nitrogens with one attached hydrogen (secondary N) is 1. The number of rotatable bonds is 5. The number of nitrogen functional groups attached to an aromatic ring is 1. The van der Waals surface area contributed by atoms with E-state index in [-0.39, 0.29) is 5.91 Å². The summed E-state index contributed by atoms with van der Waals surface area (Å²) in [5.74, 6) is 6.81. The predicted molar refractivity (Wildman–Crippen MR) is 70.4 cm³/mol. The van der Waals surface area contributed by atoms with Crippen LogP contribution in [-0.2, 0) is 11.3 Å². The van der Waals surface area contributed by atoms with Crippen molar-refractivity contribution < 1.29 is 13.9 Å². The van der Waals surface area contributed by atoms with E-state index >= 15 is 0 Å². The summed E-state index contributed by atoms with van der Waals surface area (Å²) in [6.45, 7) is 5.33. The number of furan rings is 1. The van der Waals surface area contributed by atoms with Crippen LogP contribution in [0, 0.1) is 12.8 Å². The van der Waals surface area contributed by atoms with Crippen molar-refractivity contribution in [3.63, 3.8) is 0 Å². The number of amides is 1. The standard InChI is InChI=1S/C13H21N3O3/c1-9-12(13(17)15-14)5-11(19-9)7-16-4-3-10(6-16)8-18-2/h5,10H,3-4,6-8,14H2,1-2H3,(H,15,17). The lowest BCUT2D eigenvalue weighted by atomic mass is 10.1. The van der Waals surface area contributed by atoms with Crippen molar-refractivity contribution in [3.8, 4) is 0 Å². The molecule has 0 saturated carbocycles. The number of ether oxygens (including phenoxy) is 1. The third-order valence-corrected chi connectivity index (χ3v) is 3.50. The Morgan fingerprint density at radius 1 is 1.68 bits per heavy atom. The molecular weight excluding hydrogens is 246 g/mol. The van der Waals surface area contributed by atoms with Crippen LogP contribution in [0.15, 0.2) is 10.5 Å². The number of aryl methyl sites for hydroxylation is 1.